The highest BCUT2D eigenvalue weighted by atomic mass is 127. The van der Waals surface area contributed by atoms with Crippen molar-refractivity contribution in [3.8, 4) is 5.75 Å². The topological polar surface area (TPSA) is 32.8 Å². The molecule has 1 amide bonds. The molecule has 0 saturated carbocycles. The average molecular weight is 450 g/mol. The SMILES string of the molecule is COc1ccc(CCN2CCN(C(=O)c3cccc(I)c3)CC2)cc1. The van der Waals surface area contributed by atoms with Gasteiger partial charge in [0, 0.05) is 41.9 Å². The number of benzene rings is 2. The largest absolute Gasteiger partial charge is 0.497 e. The smallest absolute Gasteiger partial charge is 0.253 e. The number of methoxy groups -OCH3 is 1. The van der Waals surface area contributed by atoms with Crippen molar-refractivity contribution in [2.75, 3.05) is 39.8 Å². The number of amides is 1. The molecule has 132 valence electrons. The lowest BCUT2D eigenvalue weighted by Gasteiger charge is -2.34. The van der Waals surface area contributed by atoms with Crippen LogP contribution in [0.3, 0.4) is 0 Å². The summed E-state index contributed by atoms with van der Waals surface area (Å²) >= 11 is 2.25. The zero-order valence-electron chi connectivity index (χ0n) is 14.5. The van der Waals surface area contributed by atoms with Crippen LogP contribution < -0.4 is 4.74 Å². The first-order valence-corrected chi connectivity index (χ1v) is 9.64. The second kappa shape index (κ2) is 8.67. The zero-order valence-corrected chi connectivity index (χ0v) is 16.6. The van der Waals surface area contributed by atoms with Gasteiger partial charge in [-0.05, 0) is 64.9 Å². The number of halogens is 1. The Morgan fingerprint density at radius 1 is 1.08 bits per heavy atom. The Kier molecular flexibility index (Phi) is 6.31. The summed E-state index contributed by atoms with van der Waals surface area (Å²) < 4.78 is 6.29. The second-order valence-electron chi connectivity index (χ2n) is 6.24. The van der Waals surface area contributed by atoms with Crippen LogP contribution in [0.2, 0.25) is 0 Å². The molecule has 0 N–H and O–H groups in total. The van der Waals surface area contributed by atoms with Gasteiger partial charge in [0.15, 0.2) is 0 Å². The van der Waals surface area contributed by atoms with Gasteiger partial charge in [-0.2, -0.15) is 0 Å². The molecule has 5 heteroatoms. The molecule has 1 fully saturated rings. The van der Waals surface area contributed by atoms with Gasteiger partial charge in [-0.1, -0.05) is 18.2 Å². The second-order valence-corrected chi connectivity index (χ2v) is 7.49. The summed E-state index contributed by atoms with van der Waals surface area (Å²) in [6.07, 6.45) is 1.02. The van der Waals surface area contributed by atoms with Crippen LogP contribution in [-0.2, 0) is 6.42 Å². The first-order valence-electron chi connectivity index (χ1n) is 8.56. The van der Waals surface area contributed by atoms with Crippen LogP contribution >= 0.6 is 22.6 Å². The van der Waals surface area contributed by atoms with Crippen LogP contribution in [0, 0.1) is 3.57 Å². The van der Waals surface area contributed by atoms with E-state index in [2.05, 4.69) is 39.6 Å². The summed E-state index contributed by atoms with van der Waals surface area (Å²) in [5.74, 6) is 1.04. The highest BCUT2D eigenvalue weighted by Crippen LogP contribution is 2.14. The van der Waals surface area contributed by atoms with Crippen LogP contribution in [0.1, 0.15) is 15.9 Å². The van der Waals surface area contributed by atoms with Crippen LogP contribution in [-0.4, -0.2) is 55.5 Å². The molecule has 1 saturated heterocycles. The Morgan fingerprint density at radius 3 is 2.44 bits per heavy atom. The molecule has 2 aromatic rings. The summed E-state index contributed by atoms with van der Waals surface area (Å²) in [5, 5.41) is 0. The number of ether oxygens (including phenoxy) is 1. The van der Waals surface area contributed by atoms with E-state index in [1.54, 1.807) is 7.11 Å². The van der Waals surface area contributed by atoms with Crippen LogP contribution in [0.5, 0.6) is 5.75 Å². The van der Waals surface area contributed by atoms with E-state index >= 15 is 0 Å². The van der Waals surface area contributed by atoms with E-state index in [4.69, 9.17) is 4.74 Å². The van der Waals surface area contributed by atoms with Crippen molar-refractivity contribution in [3.05, 3.63) is 63.2 Å². The monoisotopic (exact) mass is 450 g/mol. The maximum Gasteiger partial charge on any atom is 0.253 e. The minimum Gasteiger partial charge on any atom is -0.497 e. The van der Waals surface area contributed by atoms with Gasteiger partial charge >= 0.3 is 0 Å². The molecular formula is C20H23IN2O2. The fourth-order valence-electron chi connectivity index (χ4n) is 3.06. The zero-order chi connectivity index (χ0) is 17.6. The molecule has 0 atom stereocenters. The fourth-order valence-corrected chi connectivity index (χ4v) is 3.60. The molecule has 4 nitrogen and oxygen atoms in total. The molecule has 1 aliphatic heterocycles. The molecule has 0 radical (unpaired) electrons. The van der Waals surface area contributed by atoms with E-state index in [-0.39, 0.29) is 5.91 Å². The third kappa shape index (κ3) is 4.95. The quantitative estimate of drug-likeness (QED) is 0.656. The number of carbonyl (C=O) groups is 1. The van der Waals surface area contributed by atoms with Gasteiger partial charge in [0.2, 0.25) is 0 Å². The van der Waals surface area contributed by atoms with Gasteiger partial charge in [0.05, 0.1) is 7.11 Å². The van der Waals surface area contributed by atoms with Crippen LogP contribution in [0.25, 0.3) is 0 Å². The Hall–Kier alpha value is -1.60. The predicted octanol–water partition coefficient (Wildman–Crippen LogP) is 3.30. The van der Waals surface area contributed by atoms with Crippen molar-refractivity contribution in [1.29, 1.82) is 0 Å². The van der Waals surface area contributed by atoms with E-state index in [1.165, 1.54) is 5.56 Å². The standard InChI is InChI=1S/C20H23IN2O2/c1-25-19-7-5-16(6-8-19)9-10-22-11-13-23(14-12-22)20(24)17-3-2-4-18(21)15-17/h2-8,15H,9-14H2,1H3. The first-order chi connectivity index (χ1) is 12.2. The number of nitrogens with zero attached hydrogens (tertiary/aromatic N) is 2. The highest BCUT2D eigenvalue weighted by Gasteiger charge is 2.21. The van der Waals surface area contributed by atoms with Crippen LogP contribution in [0.15, 0.2) is 48.5 Å². The molecule has 0 spiro atoms. The number of hydrogen-bond acceptors (Lipinski definition) is 3. The summed E-state index contributed by atoms with van der Waals surface area (Å²) in [4.78, 5) is 17.0. The number of rotatable bonds is 5. The minimum absolute atomic E-state index is 0.147. The molecule has 0 aromatic heterocycles. The highest BCUT2D eigenvalue weighted by molar-refractivity contribution is 14.1. The van der Waals surface area contributed by atoms with Gasteiger partial charge in [0.1, 0.15) is 5.75 Å². The number of piperazine rings is 1. The van der Waals surface area contributed by atoms with E-state index in [0.29, 0.717) is 0 Å². The molecule has 0 aliphatic carbocycles. The van der Waals surface area contributed by atoms with Crippen LogP contribution in [0.4, 0.5) is 0 Å². The molecule has 3 rings (SSSR count). The van der Waals surface area contributed by atoms with Gasteiger partial charge in [-0.25, -0.2) is 0 Å². The molecule has 2 aromatic carbocycles. The molecular weight excluding hydrogens is 427 g/mol. The summed E-state index contributed by atoms with van der Waals surface area (Å²) in [7, 11) is 1.69. The normalized spacial score (nSPS) is 15.2. The van der Waals surface area contributed by atoms with E-state index in [9.17, 15) is 4.79 Å². The molecule has 0 bridgehead atoms. The summed E-state index contributed by atoms with van der Waals surface area (Å²) in [5.41, 5.74) is 2.11. The van der Waals surface area contributed by atoms with Gasteiger partial charge in [-0.15, -0.1) is 0 Å². The van der Waals surface area contributed by atoms with Crippen molar-refractivity contribution < 1.29 is 9.53 Å². The van der Waals surface area contributed by atoms with Crippen molar-refractivity contribution in [2.24, 2.45) is 0 Å². The maximum absolute atomic E-state index is 12.6. The van der Waals surface area contributed by atoms with Crippen molar-refractivity contribution in [1.82, 2.24) is 9.80 Å². The van der Waals surface area contributed by atoms with Crippen molar-refractivity contribution in [2.45, 2.75) is 6.42 Å². The molecule has 1 aliphatic rings. The first kappa shape index (κ1) is 18.2. The Balaban J connectivity index is 1.47. The number of hydrogen-bond donors (Lipinski definition) is 0. The maximum atomic E-state index is 12.6. The molecule has 0 unspecified atom stereocenters. The lowest BCUT2D eigenvalue weighted by atomic mass is 10.1. The van der Waals surface area contributed by atoms with Crippen molar-refractivity contribution in [3.63, 3.8) is 0 Å². The predicted molar refractivity (Wildman–Crippen MR) is 108 cm³/mol. The molecule has 1 heterocycles. The third-order valence-corrected chi connectivity index (χ3v) is 5.28. The third-order valence-electron chi connectivity index (χ3n) is 4.61. The summed E-state index contributed by atoms with van der Waals surface area (Å²) in [6, 6.07) is 16.1. The van der Waals surface area contributed by atoms with Gasteiger partial charge in [-0.3, -0.25) is 9.69 Å². The molecule has 25 heavy (non-hydrogen) atoms. The van der Waals surface area contributed by atoms with E-state index < -0.39 is 0 Å². The van der Waals surface area contributed by atoms with Crippen molar-refractivity contribution >= 4 is 28.5 Å². The Bertz CT molecular complexity index is 710. The fraction of sp³-hybridized carbons (Fsp3) is 0.350. The Morgan fingerprint density at radius 2 is 1.80 bits per heavy atom. The van der Waals surface area contributed by atoms with E-state index in [0.717, 1.165) is 54.0 Å². The van der Waals surface area contributed by atoms with E-state index in [1.807, 2.05) is 41.3 Å². The summed E-state index contributed by atoms with van der Waals surface area (Å²) in [6.45, 7) is 4.50. The lowest BCUT2D eigenvalue weighted by molar-refractivity contribution is 0.0638. The van der Waals surface area contributed by atoms with Gasteiger partial charge < -0.3 is 9.64 Å². The Labute approximate surface area is 162 Å². The minimum atomic E-state index is 0.147. The average Bonchev–Trinajstić information content (AvgIpc) is 2.66. The number of carbonyl (C=O) groups excluding carboxylic acids is 1. The van der Waals surface area contributed by atoms with Gasteiger partial charge in [0.25, 0.3) is 5.91 Å². The lowest BCUT2D eigenvalue weighted by Crippen LogP contribution is -2.49.